The summed E-state index contributed by atoms with van der Waals surface area (Å²) in [5.41, 5.74) is 2.00. The van der Waals surface area contributed by atoms with E-state index in [1.54, 1.807) is 0 Å². The molecule has 1 aromatic rings. The molecule has 0 spiro atoms. The number of nitrogen functional groups attached to an aromatic ring is 1. The number of anilines is 1. The highest BCUT2D eigenvalue weighted by atomic mass is 19.1. The molecule has 7 nitrogen and oxygen atoms in total. The summed E-state index contributed by atoms with van der Waals surface area (Å²) in [6, 6.07) is 1.29. The molecule has 0 amide bonds. The van der Waals surface area contributed by atoms with Crippen molar-refractivity contribution in [3.05, 3.63) is 22.7 Å². The summed E-state index contributed by atoms with van der Waals surface area (Å²) in [6.45, 7) is 0.785. The van der Waals surface area contributed by atoms with Gasteiger partial charge in [-0.05, 0) is 13.0 Å². The first kappa shape index (κ1) is 14.5. The first-order chi connectivity index (χ1) is 9.43. The molecule has 0 bridgehead atoms. The first-order valence-electron chi connectivity index (χ1n) is 5.86. The van der Waals surface area contributed by atoms with Gasteiger partial charge in [0.2, 0.25) is 5.67 Å². The fourth-order valence-electron chi connectivity index (χ4n) is 2.10. The molecule has 0 aromatic carbocycles. The molecule has 1 aliphatic heterocycles. The van der Waals surface area contributed by atoms with Crippen molar-refractivity contribution >= 4 is 5.82 Å². The Labute approximate surface area is 113 Å². The number of ether oxygens (including phenoxy) is 1. The van der Waals surface area contributed by atoms with Gasteiger partial charge in [-0.15, -0.1) is 5.92 Å². The number of aliphatic hydroxyl groups excluding tert-OH is 2. The Morgan fingerprint density at radius 1 is 1.70 bits per heavy atom. The number of aliphatic hydroxyl groups is 2. The summed E-state index contributed by atoms with van der Waals surface area (Å²) in [7, 11) is 0. The van der Waals surface area contributed by atoms with Crippen LogP contribution < -0.4 is 11.4 Å². The van der Waals surface area contributed by atoms with Gasteiger partial charge in [-0.3, -0.25) is 4.57 Å². The Kier molecular flexibility index (Phi) is 3.76. The van der Waals surface area contributed by atoms with Crippen molar-refractivity contribution in [1.29, 1.82) is 0 Å². The molecule has 0 aliphatic carbocycles. The molecule has 1 saturated heterocycles. The van der Waals surface area contributed by atoms with Gasteiger partial charge in [-0.2, -0.15) is 4.98 Å². The average Bonchev–Trinajstić information content (AvgIpc) is 2.63. The third kappa shape index (κ3) is 2.16. The van der Waals surface area contributed by atoms with Gasteiger partial charge in [0, 0.05) is 6.20 Å². The van der Waals surface area contributed by atoms with E-state index >= 15 is 0 Å². The van der Waals surface area contributed by atoms with Crippen LogP contribution in [0.3, 0.4) is 0 Å². The van der Waals surface area contributed by atoms with Gasteiger partial charge in [0.05, 0.1) is 6.61 Å². The molecule has 2 rings (SSSR count). The Balaban J connectivity index is 2.52. The lowest BCUT2D eigenvalue weighted by atomic mass is 9.96. The zero-order chi connectivity index (χ0) is 14.9. The fraction of sp³-hybridized carbons (Fsp3) is 0.500. The van der Waals surface area contributed by atoms with Crippen LogP contribution >= 0.6 is 0 Å². The van der Waals surface area contributed by atoms with E-state index < -0.39 is 36.4 Å². The number of nitrogens with zero attached hydrogens (tertiary/aromatic N) is 2. The van der Waals surface area contributed by atoms with E-state index in [1.165, 1.54) is 19.2 Å². The average molecular weight is 283 g/mol. The number of hydrogen-bond donors (Lipinski definition) is 3. The molecule has 8 heteroatoms. The number of rotatable bonds is 2. The Bertz CT molecular complexity index is 623. The van der Waals surface area contributed by atoms with Crippen LogP contribution in [0.15, 0.2) is 17.1 Å². The van der Waals surface area contributed by atoms with E-state index in [2.05, 4.69) is 16.8 Å². The zero-order valence-corrected chi connectivity index (χ0v) is 10.7. The molecular weight excluding hydrogens is 269 g/mol. The summed E-state index contributed by atoms with van der Waals surface area (Å²) in [5.74, 6) is 4.53. The lowest BCUT2D eigenvalue weighted by molar-refractivity contribution is -0.0542. The third-order valence-corrected chi connectivity index (χ3v) is 3.05. The largest absolute Gasteiger partial charge is 0.394 e. The third-order valence-electron chi connectivity index (χ3n) is 3.05. The number of aromatic nitrogens is 2. The minimum Gasteiger partial charge on any atom is -0.394 e. The standard InChI is InChI=1S/C12H14FN3O4/c1-2-4-12(13)9(18)7(6-17)20-10(12)16-5-3-8(14)15-11(16)19/h3,5,7,9-10,17-18H,6H2,1H3,(H2,14,15,19). The molecule has 0 radical (unpaired) electrons. The molecule has 2 heterocycles. The summed E-state index contributed by atoms with van der Waals surface area (Å²) in [6.07, 6.45) is -3.18. The molecule has 1 aliphatic rings. The predicted octanol–water partition coefficient (Wildman–Crippen LogP) is -1.19. The maximum Gasteiger partial charge on any atom is 0.351 e. The molecule has 1 aromatic heterocycles. The number of alkyl halides is 1. The van der Waals surface area contributed by atoms with Crippen LogP contribution in [-0.4, -0.2) is 44.2 Å². The van der Waals surface area contributed by atoms with Gasteiger partial charge in [-0.25, -0.2) is 9.18 Å². The van der Waals surface area contributed by atoms with Crippen LogP contribution in [0, 0.1) is 11.8 Å². The zero-order valence-electron chi connectivity index (χ0n) is 10.7. The van der Waals surface area contributed by atoms with Crippen molar-refractivity contribution in [3.8, 4) is 11.8 Å². The lowest BCUT2D eigenvalue weighted by Gasteiger charge is -2.23. The fourth-order valence-corrected chi connectivity index (χ4v) is 2.10. The maximum atomic E-state index is 14.9. The molecule has 108 valence electrons. The molecule has 4 atom stereocenters. The molecule has 1 fully saturated rings. The number of hydrogen-bond acceptors (Lipinski definition) is 6. The first-order valence-corrected chi connectivity index (χ1v) is 5.86. The van der Waals surface area contributed by atoms with Crippen molar-refractivity contribution in [2.75, 3.05) is 12.3 Å². The highest BCUT2D eigenvalue weighted by molar-refractivity contribution is 5.26. The van der Waals surface area contributed by atoms with E-state index in [0.29, 0.717) is 0 Å². The lowest BCUT2D eigenvalue weighted by Crippen LogP contribution is -2.44. The van der Waals surface area contributed by atoms with E-state index in [4.69, 9.17) is 15.6 Å². The second kappa shape index (κ2) is 5.20. The molecular formula is C12H14FN3O4. The molecule has 4 N–H and O–H groups in total. The summed E-state index contributed by atoms with van der Waals surface area (Å²) in [5, 5.41) is 19.0. The molecule has 0 saturated carbocycles. The Morgan fingerprint density at radius 2 is 2.40 bits per heavy atom. The topological polar surface area (TPSA) is 111 Å². The summed E-state index contributed by atoms with van der Waals surface area (Å²) in [4.78, 5) is 15.2. The van der Waals surface area contributed by atoms with Crippen molar-refractivity contribution < 1.29 is 19.3 Å². The minimum absolute atomic E-state index is 0.0189. The summed E-state index contributed by atoms with van der Waals surface area (Å²) < 4.78 is 20.9. The predicted molar refractivity (Wildman–Crippen MR) is 67.2 cm³/mol. The quantitative estimate of drug-likeness (QED) is 0.588. The maximum absolute atomic E-state index is 14.9. The van der Waals surface area contributed by atoms with E-state index in [9.17, 15) is 14.3 Å². The summed E-state index contributed by atoms with van der Waals surface area (Å²) >= 11 is 0. The van der Waals surface area contributed by atoms with Gasteiger partial charge >= 0.3 is 5.69 Å². The van der Waals surface area contributed by atoms with E-state index in [-0.39, 0.29) is 5.82 Å². The van der Waals surface area contributed by atoms with Gasteiger partial charge in [0.25, 0.3) is 0 Å². The van der Waals surface area contributed by atoms with Crippen LogP contribution in [0.5, 0.6) is 0 Å². The highest BCUT2D eigenvalue weighted by Crippen LogP contribution is 2.40. The Morgan fingerprint density at radius 3 is 2.95 bits per heavy atom. The SMILES string of the molecule is CC#CC1(F)C(O)C(CO)OC1n1ccc(N)nc1=O. The smallest absolute Gasteiger partial charge is 0.351 e. The van der Waals surface area contributed by atoms with Gasteiger partial charge in [0.15, 0.2) is 6.23 Å². The van der Waals surface area contributed by atoms with Crippen molar-refractivity contribution in [1.82, 2.24) is 9.55 Å². The van der Waals surface area contributed by atoms with Crippen molar-refractivity contribution in [2.24, 2.45) is 0 Å². The van der Waals surface area contributed by atoms with Crippen LogP contribution in [0.2, 0.25) is 0 Å². The Hall–Kier alpha value is -1.95. The molecule has 20 heavy (non-hydrogen) atoms. The number of nitrogens with two attached hydrogens (primary N) is 1. The van der Waals surface area contributed by atoms with Crippen LogP contribution in [0.25, 0.3) is 0 Å². The van der Waals surface area contributed by atoms with E-state index in [1.807, 2.05) is 0 Å². The monoisotopic (exact) mass is 283 g/mol. The molecule has 4 unspecified atom stereocenters. The minimum atomic E-state index is -2.52. The van der Waals surface area contributed by atoms with Crippen LogP contribution in [-0.2, 0) is 4.74 Å². The van der Waals surface area contributed by atoms with Crippen molar-refractivity contribution in [2.45, 2.75) is 31.0 Å². The van der Waals surface area contributed by atoms with Gasteiger partial charge in [-0.1, -0.05) is 5.92 Å². The second-order valence-corrected chi connectivity index (χ2v) is 4.34. The van der Waals surface area contributed by atoms with Gasteiger partial charge in [0.1, 0.15) is 18.0 Å². The van der Waals surface area contributed by atoms with Gasteiger partial charge < -0.3 is 20.7 Å². The second-order valence-electron chi connectivity index (χ2n) is 4.34. The van der Waals surface area contributed by atoms with Crippen LogP contribution in [0.4, 0.5) is 10.2 Å². The van der Waals surface area contributed by atoms with E-state index in [0.717, 1.165) is 4.57 Å². The normalized spacial score (nSPS) is 32.7. The number of halogens is 1. The van der Waals surface area contributed by atoms with Crippen molar-refractivity contribution in [3.63, 3.8) is 0 Å². The van der Waals surface area contributed by atoms with Crippen LogP contribution in [0.1, 0.15) is 13.2 Å². The highest BCUT2D eigenvalue weighted by Gasteiger charge is 2.57.